The molecule has 0 bridgehead atoms. The second-order valence-corrected chi connectivity index (χ2v) is 5.42. The van der Waals surface area contributed by atoms with Gasteiger partial charge in [-0.3, -0.25) is 0 Å². The monoisotopic (exact) mass is 339 g/mol. The Hall–Kier alpha value is -2.24. The number of rotatable bonds is 8. The average Bonchev–Trinajstić information content (AvgIpc) is 2.58. The van der Waals surface area contributed by atoms with Crippen LogP contribution in [0.2, 0.25) is 0 Å². The van der Waals surface area contributed by atoms with Crippen LogP contribution in [-0.4, -0.2) is 18.2 Å². The van der Waals surface area contributed by atoms with Gasteiger partial charge in [-0.2, -0.15) is 13.2 Å². The quantitative estimate of drug-likeness (QED) is 0.680. The van der Waals surface area contributed by atoms with Crippen molar-refractivity contribution in [2.45, 2.75) is 25.9 Å². The molecule has 0 fully saturated rings. The number of hydrogen-bond donors (Lipinski definition) is 0. The van der Waals surface area contributed by atoms with Gasteiger partial charge in [0.2, 0.25) is 5.88 Å². The second-order valence-electron chi connectivity index (χ2n) is 5.42. The lowest BCUT2D eigenvalue weighted by Crippen LogP contribution is -2.15. The molecule has 0 spiro atoms. The number of aromatic nitrogens is 1. The topological polar surface area (TPSA) is 31.4 Å². The molecule has 0 saturated heterocycles. The summed E-state index contributed by atoms with van der Waals surface area (Å²) in [5.74, 6) is 0.989. The lowest BCUT2D eigenvalue weighted by molar-refractivity contribution is -0.137. The zero-order valence-electron chi connectivity index (χ0n) is 13.4. The Morgan fingerprint density at radius 3 is 2.58 bits per heavy atom. The minimum atomic E-state index is -4.36. The van der Waals surface area contributed by atoms with Crippen molar-refractivity contribution in [2.75, 3.05) is 13.2 Å². The molecule has 0 amide bonds. The third kappa shape index (κ3) is 5.76. The summed E-state index contributed by atoms with van der Waals surface area (Å²) < 4.78 is 49.1. The molecule has 0 radical (unpaired) electrons. The highest BCUT2D eigenvalue weighted by Gasteiger charge is 2.30. The Morgan fingerprint density at radius 1 is 1.08 bits per heavy atom. The zero-order valence-corrected chi connectivity index (χ0v) is 13.4. The Bertz CT molecular complexity index is 617. The van der Waals surface area contributed by atoms with E-state index in [1.54, 1.807) is 12.3 Å². The summed E-state index contributed by atoms with van der Waals surface area (Å²) in [7, 11) is 0. The highest BCUT2D eigenvalue weighted by Crippen LogP contribution is 2.31. The molecule has 130 valence electrons. The van der Waals surface area contributed by atoms with E-state index < -0.39 is 11.7 Å². The van der Waals surface area contributed by atoms with Crippen molar-refractivity contribution in [1.29, 1.82) is 0 Å². The molecule has 24 heavy (non-hydrogen) atoms. The van der Waals surface area contributed by atoms with Crippen LogP contribution in [0.5, 0.6) is 11.6 Å². The van der Waals surface area contributed by atoms with E-state index in [0.29, 0.717) is 19.1 Å². The molecule has 3 nitrogen and oxygen atoms in total. The van der Waals surface area contributed by atoms with Crippen LogP contribution < -0.4 is 9.47 Å². The fourth-order valence-corrected chi connectivity index (χ4v) is 2.14. The van der Waals surface area contributed by atoms with Crippen molar-refractivity contribution >= 4 is 0 Å². The maximum absolute atomic E-state index is 12.7. The third-order valence-corrected chi connectivity index (χ3v) is 3.64. The van der Waals surface area contributed by atoms with E-state index in [9.17, 15) is 13.2 Å². The molecule has 2 aromatic rings. The van der Waals surface area contributed by atoms with E-state index in [0.717, 1.165) is 25.0 Å². The Morgan fingerprint density at radius 2 is 1.92 bits per heavy atom. The largest absolute Gasteiger partial charge is 0.493 e. The van der Waals surface area contributed by atoms with E-state index in [1.807, 2.05) is 19.1 Å². The minimum absolute atomic E-state index is 0.197. The smallest absolute Gasteiger partial charge is 0.416 e. The molecule has 0 N–H and O–H groups in total. The van der Waals surface area contributed by atoms with Gasteiger partial charge in [0.05, 0.1) is 18.8 Å². The Balaban J connectivity index is 1.81. The first-order valence-corrected chi connectivity index (χ1v) is 7.83. The molecule has 6 heteroatoms. The van der Waals surface area contributed by atoms with E-state index in [-0.39, 0.29) is 11.7 Å². The fourth-order valence-electron chi connectivity index (χ4n) is 2.14. The van der Waals surface area contributed by atoms with E-state index in [4.69, 9.17) is 9.47 Å². The molecular formula is C18H20F3NO2. The summed E-state index contributed by atoms with van der Waals surface area (Å²) in [5, 5.41) is 0. The number of benzene rings is 1. The molecule has 2 rings (SSSR count). The fraction of sp³-hybridized carbons (Fsp3) is 0.389. The van der Waals surface area contributed by atoms with Crippen molar-refractivity contribution < 1.29 is 22.6 Å². The van der Waals surface area contributed by atoms with Crippen LogP contribution in [0, 0.1) is 5.92 Å². The van der Waals surface area contributed by atoms with Crippen LogP contribution >= 0.6 is 0 Å². The van der Waals surface area contributed by atoms with Gasteiger partial charge >= 0.3 is 6.18 Å². The SMILES string of the molecule is CCC(CCOc1ccccn1)COc1cccc(C(F)(F)F)c1. The zero-order chi connectivity index (χ0) is 17.4. The summed E-state index contributed by atoms with van der Waals surface area (Å²) in [6, 6.07) is 10.4. The summed E-state index contributed by atoms with van der Waals surface area (Å²) in [4.78, 5) is 4.07. The summed E-state index contributed by atoms with van der Waals surface area (Å²) >= 11 is 0. The lowest BCUT2D eigenvalue weighted by atomic mass is 10.0. The van der Waals surface area contributed by atoms with Crippen molar-refractivity contribution in [2.24, 2.45) is 5.92 Å². The van der Waals surface area contributed by atoms with Gasteiger partial charge in [0.1, 0.15) is 5.75 Å². The first-order chi connectivity index (χ1) is 11.5. The molecule has 0 aliphatic carbocycles. The molecule has 1 aromatic carbocycles. The normalized spacial score (nSPS) is 12.7. The summed E-state index contributed by atoms with van der Waals surface area (Å²) in [6.07, 6.45) is -1.11. The van der Waals surface area contributed by atoms with Crippen LogP contribution in [0.15, 0.2) is 48.7 Å². The van der Waals surface area contributed by atoms with Crippen LogP contribution in [0.1, 0.15) is 25.3 Å². The van der Waals surface area contributed by atoms with Gasteiger partial charge in [-0.1, -0.05) is 19.1 Å². The maximum atomic E-state index is 12.7. The van der Waals surface area contributed by atoms with Crippen molar-refractivity contribution in [3.8, 4) is 11.6 Å². The second kappa shape index (κ2) is 8.57. The number of nitrogens with zero attached hydrogens (tertiary/aromatic N) is 1. The molecule has 0 aliphatic rings. The predicted molar refractivity (Wildman–Crippen MR) is 85.1 cm³/mol. The Kier molecular flexibility index (Phi) is 6.46. The molecule has 1 heterocycles. The molecule has 1 aromatic heterocycles. The van der Waals surface area contributed by atoms with Gasteiger partial charge in [-0.25, -0.2) is 4.98 Å². The minimum Gasteiger partial charge on any atom is -0.493 e. The van der Waals surface area contributed by atoms with Gasteiger partial charge in [0.15, 0.2) is 0 Å². The van der Waals surface area contributed by atoms with Gasteiger partial charge in [-0.05, 0) is 43.0 Å². The van der Waals surface area contributed by atoms with Crippen molar-refractivity contribution in [3.05, 3.63) is 54.2 Å². The number of ether oxygens (including phenoxy) is 2. The van der Waals surface area contributed by atoms with E-state index in [2.05, 4.69) is 4.98 Å². The Labute approximate surface area is 139 Å². The number of alkyl halides is 3. The van der Waals surface area contributed by atoms with Crippen molar-refractivity contribution in [1.82, 2.24) is 4.98 Å². The standard InChI is InChI=1S/C18H20F3NO2/c1-2-14(9-11-23-17-8-3-4-10-22-17)13-24-16-7-5-6-15(12-16)18(19,20)21/h3-8,10,12,14H,2,9,11,13H2,1H3. The number of halogens is 3. The molecule has 0 aliphatic heterocycles. The maximum Gasteiger partial charge on any atom is 0.416 e. The van der Waals surface area contributed by atoms with Crippen molar-refractivity contribution in [3.63, 3.8) is 0 Å². The molecule has 1 unspecified atom stereocenters. The summed E-state index contributed by atoms with van der Waals surface area (Å²) in [5.41, 5.74) is -0.702. The van der Waals surface area contributed by atoms with E-state index in [1.165, 1.54) is 12.1 Å². The van der Waals surface area contributed by atoms with Gasteiger partial charge in [0, 0.05) is 12.3 Å². The first-order valence-electron chi connectivity index (χ1n) is 7.83. The summed E-state index contributed by atoms with van der Waals surface area (Å²) in [6.45, 7) is 2.85. The lowest BCUT2D eigenvalue weighted by Gasteiger charge is -2.17. The van der Waals surface area contributed by atoms with Crippen LogP contribution in [0.25, 0.3) is 0 Å². The first kappa shape index (κ1) is 18.1. The number of pyridine rings is 1. The predicted octanol–water partition coefficient (Wildman–Crippen LogP) is 4.97. The molecular weight excluding hydrogens is 319 g/mol. The molecule has 0 saturated carbocycles. The molecule has 1 atom stereocenters. The highest BCUT2D eigenvalue weighted by molar-refractivity contribution is 5.30. The number of hydrogen-bond acceptors (Lipinski definition) is 3. The highest BCUT2D eigenvalue weighted by atomic mass is 19.4. The van der Waals surface area contributed by atoms with Crippen LogP contribution in [-0.2, 0) is 6.18 Å². The van der Waals surface area contributed by atoms with E-state index >= 15 is 0 Å². The van der Waals surface area contributed by atoms with Gasteiger partial charge in [-0.15, -0.1) is 0 Å². The van der Waals surface area contributed by atoms with Gasteiger partial charge < -0.3 is 9.47 Å². The average molecular weight is 339 g/mol. The van der Waals surface area contributed by atoms with Gasteiger partial charge in [0.25, 0.3) is 0 Å². The third-order valence-electron chi connectivity index (χ3n) is 3.64. The van der Waals surface area contributed by atoms with Crippen LogP contribution in [0.4, 0.5) is 13.2 Å². The van der Waals surface area contributed by atoms with Crippen LogP contribution in [0.3, 0.4) is 0 Å².